The highest BCUT2D eigenvalue weighted by Gasteiger charge is 2.26. The van der Waals surface area contributed by atoms with Crippen molar-refractivity contribution in [3.8, 4) is 0 Å². The lowest BCUT2D eigenvalue weighted by Gasteiger charge is -2.33. The maximum absolute atomic E-state index is 12.7. The third kappa shape index (κ3) is 5.08. The molecule has 7 heteroatoms. The molecule has 0 unspecified atom stereocenters. The number of likely N-dealkylation sites (tertiary alicyclic amines) is 1. The fourth-order valence-electron chi connectivity index (χ4n) is 3.05. The first-order valence-corrected chi connectivity index (χ1v) is 9.02. The number of rotatable bonds is 6. The van der Waals surface area contributed by atoms with Crippen molar-refractivity contribution in [1.29, 1.82) is 0 Å². The average molecular weight is 348 g/mol. The van der Waals surface area contributed by atoms with Crippen molar-refractivity contribution in [2.75, 3.05) is 37.7 Å². The molecular formula is C18H28N4O3. The van der Waals surface area contributed by atoms with Gasteiger partial charge in [-0.2, -0.15) is 0 Å². The molecule has 7 nitrogen and oxygen atoms in total. The van der Waals surface area contributed by atoms with Gasteiger partial charge in [0.25, 0.3) is 5.91 Å². The van der Waals surface area contributed by atoms with E-state index in [0.717, 1.165) is 31.7 Å². The normalized spacial score (nSPS) is 17.1. The van der Waals surface area contributed by atoms with Gasteiger partial charge in [-0.05, 0) is 45.7 Å². The highest BCUT2D eigenvalue weighted by molar-refractivity contribution is 5.94. The van der Waals surface area contributed by atoms with E-state index in [4.69, 9.17) is 4.74 Å². The summed E-state index contributed by atoms with van der Waals surface area (Å²) >= 11 is 0. The second kappa shape index (κ2) is 9.25. The van der Waals surface area contributed by atoms with Crippen molar-refractivity contribution in [3.05, 3.63) is 23.9 Å². The van der Waals surface area contributed by atoms with Crippen LogP contribution in [0.25, 0.3) is 0 Å². The Labute approximate surface area is 149 Å². The first-order chi connectivity index (χ1) is 12.1. The molecule has 0 spiro atoms. The van der Waals surface area contributed by atoms with Gasteiger partial charge in [0.1, 0.15) is 5.82 Å². The minimum absolute atomic E-state index is 0.0473. The molecule has 1 aromatic rings. The third-order valence-electron chi connectivity index (χ3n) is 4.39. The fraction of sp³-hybridized carbons (Fsp3) is 0.611. The van der Waals surface area contributed by atoms with Gasteiger partial charge in [0.05, 0.1) is 12.2 Å². The number of piperidine rings is 1. The molecular weight excluding hydrogens is 320 g/mol. The second-order valence-corrected chi connectivity index (χ2v) is 6.03. The van der Waals surface area contributed by atoms with Crippen LogP contribution < -0.4 is 10.2 Å². The summed E-state index contributed by atoms with van der Waals surface area (Å²) in [5, 5.41) is 2.82. The molecule has 1 aliphatic heterocycles. The molecule has 2 amide bonds. The Morgan fingerprint density at radius 2 is 2.08 bits per heavy atom. The quantitative estimate of drug-likeness (QED) is 0.854. The zero-order chi connectivity index (χ0) is 18.2. The monoisotopic (exact) mass is 348 g/mol. The predicted molar refractivity (Wildman–Crippen MR) is 96.9 cm³/mol. The van der Waals surface area contributed by atoms with E-state index in [1.54, 1.807) is 18.0 Å². The SMILES string of the molecule is CCOC(=O)N[C@H]1CCCN(C(=O)c2ccc(N(CC)CC)nc2)C1. The molecule has 138 valence electrons. The van der Waals surface area contributed by atoms with Crippen molar-refractivity contribution in [2.24, 2.45) is 0 Å². The van der Waals surface area contributed by atoms with Crippen LogP contribution in [0.1, 0.15) is 44.0 Å². The molecule has 1 aromatic heterocycles. The number of hydrogen-bond donors (Lipinski definition) is 1. The minimum Gasteiger partial charge on any atom is -0.450 e. The molecule has 1 saturated heterocycles. The zero-order valence-corrected chi connectivity index (χ0v) is 15.3. The lowest BCUT2D eigenvalue weighted by molar-refractivity contribution is 0.0685. The third-order valence-corrected chi connectivity index (χ3v) is 4.39. The highest BCUT2D eigenvalue weighted by atomic mass is 16.5. The Morgan fingerprint density at radius 1 is 1.32 bits per heavy atom. The summed E-state index contributed by atoms with van der Waals surface area (Å²) in [7, 11) is 0. The summed E-state index contributed by atoms with van der Waals surface area (Å²) < 4.78 is 4.91. The zero-order valence-electron chi connectivity index (χ0n) is 15.3. The lowest BCUT2D eigenvalue weighted by Crippen LogP contribution is -2.49. The van der Waals surface area contributed by atoms with Crippen LogP contribution in [0.5, 0.6) is 0 Å². The first-order valence-electron chi connectivity index (χ1n) is 9.02. The van der Waals surface area contributed by atoms with Crippen molar-refractivity contribution in [1.82, 2.24) is 15.2 Å². The van der Waals surface area contributed by atoms with Gasteiger partial charge in [0.2, 0.25) is 0 Å². The summed E-state index contributed by atoms with van der Waals surface area (Å²) in [6, 6.07) is 3.64. The number of carbonyl (C=O) groups excluding carboxylic acids is 2. The summed E-state index contributed by atoms with van der Waals surface area (Å²) in [5.74, 6) is 0.830. The van der Waals surface area contributed by atoms with Gasteiger partial charge >= 0.3 is 6.09 Å². The van der Waals surface area contributed by atoms with Crippen LogP contribution in [-0.2, 0) is 4.74 Å². The van der Waals surface area contributed by atoms with Gasteiger partial charge in [0, 0.05) is 38.4 Å². The summed E-state index contributed by atoms with van der Waals surface area (Å²) in [6.07, 6.45) is 2.92. The van der Waals surface area contributed by atoms with Gasteiger partial charge in [-0.1, -0.05) is 0 Å². The average Bonchev–Trinajstić information content (AvgIpc) is 2.63. The topological polar surface area (TPSA) is 74.8 Å². The number of anilines is 1. The highest BCUT2D eigenvalue weighted by Crippen LogP contribution is 2.16. The number of nitrogens with zero attached hydrogens (tertiary/aromatic N) is 3. The van der Waals surface area contributed by atoms with Gasteiger partial charge in [-0.3, -0.25) is 4.79 Å². The Bertz CT molecular complexity index is 572. The molecule has 1 aliphatic rings. The maximum Gasteiger partial charge on any atom is 0.407 e. The standard InChI is InChI=1S/C18H28N4O3/c1-4-21(5-2)16-10-9-14(12-19-16)17(23)22-11-7-8-15(13-22)20-18(24)25-6-3/h9-10,12,15H,4-8,11,13H2,1-3H3,(H,20,24)/t15-/m0/s1. The van der Waals surface area contributed by atoms with Crippen molar-refractivity contribution in [2.45, 2.75) is 39.7 Å². The van der Waals surface area contributed by atoms with Gasteiger partial charge in [-0.25, -0.2) is 9.78 Å². The summed E-state index contributed by atoms with van der Waals surface area (Å²) in [4.78, 5) is 32.6. The molecule has 2 heterocycles. The minimum atomic E-state index is -0.424. The van der Waals surface area contributed by atoms with Crippen molar-refractivity contribution < 1.29 is 14.3 Å². The van der Waals surface area contributed by atoms with E-state index in [-0.39, 0.29) is 11.9 Å². The maximum atomic E-state index is 12.7. The van der Waals surface area contributed by atoms with E-state index in [0.29, 0.717) is 25.3 Å². The van der Waals surface area contributed by atoms with E-state index < -0.39 is 6.09 Å². The van der Waals surface area contributed by atoms with E-state index in [2.05, 4.69) is 29.0 Å². The number of amides is 2. The summed E-state index contributed by atoms with van der Waals surface area (Å²) in [5.41, 5.74) is 0.577. The van der Waals surface area contributed by atoms with Gasteiger partial charge < -0.3 is 19.9 Å². The number of aromatic nitrogens is 1. The smallest absolute Gasteiger partial charge is 0.407 e. The van der Waals surface area contributed by atoms with Crippen LogP contribution in [0.15, 0.2) is 18.3 Å². The Balaban J connectivity index is 1.98. The number of nitrogens with one attached hydrogen (secondary N) is 1. The number of ether oxygens (including phenoxy) is 1. The van der Waals surface area contributed by atoms with Crippen LogP contribution in [0.2, 0.25) is 0 Å². The van der Waals surface area contributed by atoms with E-state index in [9.17, 15) is 9.59 Å². The molecule has 1 atom stereocenters. The van der Waals surface area contributed by atoms with Gasteiger partial charge in [0.15, 0.2) is 0 Å². The van der Waals surface area contributed by atoms with Crippen LogP contribution >= 0.6 is 0 Å². The number of pyridine rings is 1. The Kier molecular flexibility index (Phi) is 7.03. The second-order valence-electron chi connectivity index (χ2n) is 6.03. The molecule has 0 saturated carbocycles. The number of alkyl carbamates (subject to hydrolysis) is 1. The van der Waals surface area contributed by atoms with E-state index in [1.165, 1.54) is 0 Å². The molecule has 1 fully saturated rings. The lowest BCUT2D eigenvalue weighted by atomic mass is 10.0. The van der Waals surface area contributed by atoms with E-state index >= 15 is 0 Å². The predicted octanol–water partition coefficient (Wildman–Crippen LogP) is 2.28. The van der Waals surface area contributed by atoms with Gasteiger partial charge in [-0.15, -0.1) is 0 Å². The molecule has 1 N–H and O–H groups in total. The molecule has 25 heavy (non-hydrogen) atoms. The molecule has 2 rings (SSSR count). The molecule has 0 bridgehead atoms. The largest absolute Gasteiger partial charge is 0.450 e. The Morgan fingerprint density at radius 3 is 2.68 bits per heavy atom. The first kappa shape index (κ1) is 19.0. The Hall–Kier alpha value is -2.31. The van der Waals surface area contributed by atoms with Crippen LogP contribution in [0.3, 0.4) is 0 Å². The van der Waals surface area contributed by atoms with Crippen molar-refractivity contribution in [3.63, 3.8) is 0 Å². The molecule has 0 radical (unpaired) electrons. The van der Waals surface area contributed by atoms with Crippen molar-refractivity contribution >= 4 is 17.8 Å². The van der Waals surface area contributed by atoms with Crippen LogP contribution in [0.4, 0.5) is 10.6 Å². The summed E-state index contributed by atoms with van der Waals surface area (Å²) in [6.45, 7) is 9.21. The van der Waals surface area contributed by atoms with Crippen LogP contribution in [-0.4, -0.2) is 60.7 Å². The van der Waals surface area contributed by atoms with Crippen LogP contribution in [0, 0.1) is 0 Å². The number of carbonyl (C=O) groups is 2. The fourth-order valence-corrected chi connectivity index (χ4v) is 3.05. The van der Waals surface area contributed by atoms with E-state index in [1.807, 2.05) is 12.1 Å². The molecule has 0 aliphatic carbocycles. The number of hydrogen-bond acceptors (Lipinski definition) is 5. The molecule has 0 aromatic carbocycles.